The number of aliphatic imine (C=N–C) groups is 1. The Kier molecular flexibility index (Phi) is 6.70. The molecule has 1 heterocycles. The second kappa shape index (κ2) is 9.69. The highest BCUT2D eigenvalue weighted by molar-refractivity contribution is 7.90. The van der Waals surface area contributed by atoms with Crippen LogP contribution in [0.25, 0.3) is 0 Å². The van der Waals surface area contributed by atoms with Crippen molar-refractivity contribution in [2.24, 2.45) is 10.9 Å². The van der Waals surface area contributed by atoms with E-state index in [0.29, 0.717) is 5.56 Å². The average Bonchev–Trinajstić information content (AvgIpc) is 3.11. The number of ether oxygens (including phenoxy) is 1. The average molecular weight is 478 g/mol. The van der Waals surface area contributed by atoms with E-state index in [0.717, 1.165) is 16.9 Å². The Balaban J connectivity index is 1.67. The van der Waals surface area contributed by atoms with Gasteiger partial charge in [0.2, 0.25) is 5.91 Å². The van der Waals surface area contributed by atoms with Gasteiger partial charge in [-0.2, -0.15) is 0 Å². The summed E-state index contributed by atoms with van der Waals surface area (Å²) >= 11 is 0. The Morgan fingerprint density at radius 1 is 0.912 bits per heavy atom. The molecule has 3 aromatic carbocycles. The molecule has 0 unspecified atom stereocenters. The molecule has 0 spiro atoms. The molecule has 8 heteroatoms. The molecule has 4 rings (SSSR count). The third-order valence-electron chi connectivity index (χ3n) is 5.70. The van der Waals surface area contributed by atoms with Gasteiger partial charge in [-0.05, 0) is 41.3 Å². The van der Waals surface area contributed by atoms with Crippen LogP contribution in [0, 0.1) is 5.92 Å². The van der Waals surface area contributed by atoms with Gasteiger partial charge in [-0.25, -0.2) is 8.42 Å². The number of amidine groups is 1. The van der Waals surface area contributed by atoms with Gasteiger partial charge in [0, 0.05) is 5.56 Å². The number of amides is 1. The molecule has 1 aliphatic rings. The highest BCUT2D eigenvalue weighted by atomic mass is 32.2. The predicted octanol–water partition coefficient (Wildman–Crippen LogP) is 3.66. The fourth-order valence-electron chi connectivity index (χ4n) is 3.91. The molecule has 176 valence electrons. The van der Waals surface area contributed by atoms with E-state index < -0.39 is 22.1 Å². The molecule has 1 aliphatic heterocycles. The predicted molar refractivity (Wildman–Crippen MR) is 131 cm³/mol. The lowest BCUT2D eigenvalue weighted by Gasteiger charge is -2.24. The first-order valence-corrected chi connectivity index (χ1v) is 12.5. The maximum absolute atomic E-state index is 13.5. The van der Waals surface area contributed by atoms with Crippen LogP contribution in [0.5, 0.6) is 5.75 Å². The summed E-state index contributed by atoms with van der Waals surface area (Å²) in [6.07, 6.45) is 0. The zero-order valence-corrected chi connectivity index (χ0v) is 20.0. The van der Waals surface area contributed by atoms with Crippen molar-refractivity contribution in [1.82, 2.24) is 10.0 Å². The van der Waals surface area contributed by atoms with E-state index in [1.807, 2.05) is 68.4 Å². The number of hydrogen-bond donors (Lipinski definition) is 2. The number of nitrogens with zero attached hydrogens (tertiary/aromatic N) is 1. The van der Waals surface area contributed by atoms with E-state index in [9.17, 15) is 13.2 Å². The quantitative estimate of drug-likeness (QED) is 0.543. The Labute approximate surface area is 199 Å². The number of sulfonamides is 1. The van der Waals surface area contributed by atoms with Gasteiger partial charge in [-0.15, -0.1) is 0 Å². The van der Waals surface area contributed by atoms with Crippen LogP contribution in [-0.2, 0) is 14.8 Å². The lowest BCUT2D eigenvalue weighted by molar-refractivity contribution is -0.123. The molecule has 3 aromatic rings. The second-order valence-electron chi connectivity index (χ2n) is 8.39. The molecule has 34 heavy (non-hydrogen) atoms. The highest BCUT2D eigenvalue weighted by Crippen LogP contribution is 2.26. The minimum Gasteiger partial charge on any atom is -0.497 e. The summed E-state index contributed by atoms with van der Waals surface area (Å²) in [5.74, 6) is 0.443. The van der Waals surface area contributed by atoms with Gasteiger partial charge < -0.3 is 10.1 Å². The van der Waals surface area contributed by atoms with Gasteiger partial charge >= 0.3 is 0 Å². The standard InChI is InChI=1S/C26H27N3O4S/c1-17(2)23(27-25-21-11-7-8-12-22(21)34(31,32)29-25)26(30)28-24(18-9-5-4-6-10-18)19-13-15-20(33-3)16-14-19/h4-17,23-24H,1-3H3,(H,27,29)(H,28,30)/t23-,24+/m0/s1. The molecule has 0 saturated heterocycles. The van der Waals surface area contributed by atoms with Crippen molar-refractivity contribution in [3.63, 3.8) is 0 Å². The third kappa shape index (κ3) is 4.82. The molecule has 2 atom stereocenters. The number of rotatable bonds is 7. The van der Waals surface area contributed by atoms with Gasteiger partial charge in [-0.3, -0.25) is 14.5 Å². The number of carbonyl (C=O) groups is 1. The Hall–Kier alpha value is -3.65. The number of methoxy groups -OCH3 is 1. The first-order chi connectivity index (χ1) is 16.3. The van der Waals surface area contributed by atoms with Gasteiger partial charge in [0.05, 0.1) is 18.0 Å². The van der Waals surface area contributed by atoms with Crippen molar-refractivity contribution in [2.75, 3.05) is 7.11 Å². The van der Waals surface area contributed by atoms with Crippen LogP contribution in [0.15, 0.2) is 88.8 Å². The van der Waals surface area contributed by atoms with E-state index in [1.54, 1.807) is 25.3 Å². The SMILES string of the molecule is COc1ccc([C@H](NC(=O)[C@@H](N=C2NS(=O)(=O)c3ccccc32)C(C)C)c2ccccc2)cc1. The number of hydrogen-bond acceptors (Lipinski definition) is 5. The maximum atomic E-state index is 13.5. The molecule has 0 bridgehead atoms. The molecule has 0 radical (unpaired) electrons. The Morgan fingerprint density at radius 3 is 2.18 bits per heavy atom. The van der Waals surface area contributed by atoms with Crippen LogP contribution in [-0.4, -0.2) is 33.3 Å². The minimum atomic E-state index is -3.69. The van der Waals surface area contributed by atoms with Crippen LogP contribution in [0.2, 0.25) is 0 Å². The molecular formula is C26H27N3O4S. The van der Waals surface area contributed by atoms with Crippen LogP contribution in [0.3, 0.4) is 0 Å². The van der Waals surface area contributed by atoms with Crippen molar-refractivity contribution in [3.8, 4) is 5.75 Å². The van der Waals surface area contributed by atoms with Gasteiger partial charge in [0.25, 0.3) is 10.0 Å². The van der Waals surface area contributed by atoms with E-state index in [-0.39, 0.29) is 22.6 Å². The zero-order valence-electron chi connectivity index (χ0n) is 19.2. The van der Waals surface area contributed by atoms with Gasteiger partial charge in [0.15, 0.2) is 0 Å². The molecule has 0 fully saturated rings. The van der Waals surface area contributed by atoms with E-state index in [4.69, 9.17) is 4.74 Å². The van der Waals surface area contributed by atoms with Crippen molar-refractivity contribution >= 4 is 21.8 Å². The maximum Gasteiger partial charge on any atom is 0.263 e. The third-order valence-corrected chi connectivity index (χ3v) is 7.10. The lowest BCUT2D eigenvalue weighted by atomic mass is 9.97. The van der Waals surface area contributed by atoms with Crippen molar-refractivity contribution in [2.45, 2.75) is 30.8 Å². The number of nitrogens with one attached hydrogen (secondary N) is 2. The summed E-state index contributed by atoms with van der Waals surface area (Å²) in [6.45, 7) is 3.77. The molecule has 1 amide bonds. The molecule has 7 nitrogen and oxygen atoms in total. The molecular weight excluding hydrogens is 450 g/mol. The van der Waals surface area contributed by atoms with E-state index in [2.05, 4.69) is 15.0 Å². The summed E-state index contributed by atoms with van der Waals surface area (Å²) in [5, 5.41) is 3.12. The van der Waals surface area contributed by atoms with Crippen LogP contribution in [0.4, 0.5) is 0 Å². The minimum absolute atomic E-state index is 0.164. The fraction of sp³-hybridized carbons (Fsp3) is 0.231. The van der Waals surface area contributed by atoms with E-state index >= 15 is 0 Å². The number of fused-ring (bicyclic) bond motifs is 1. The zero-order chi connectivity index (χ0) is 24.3. The van der Waals surface area contributed by atoms with Gasteiger partial charge in [0.1, 0.15) is 17.6 Å². The summed E-state index contributed by atoms with van der Waals surface area (Å²) in [4.78, 5) is 18.2. The van der Waals surface area contributed by atoms with Crippen LogP contribution in [0.1, 0.15) is 36.6 Å². The summed E-state index contributed by atoms with van der Waals surface area (Å²) in [5.41, 5.74) is 2.28. The normalized spacial score (nSPS) is 17.0. The summed E-state index contributed by atoms with van der Waals surface area (Å²) < 4.78 is 32.7. The second-order valence-corrected chi connectivity index (χ2v) is 10.0. The molecule has 0 saturated carbocycles. The van der Waals surface area contributed by atoms with Crippen LogP contribution < -0.4 is 14.8 Å². The molecule has 0 aliphatic carbocycles. The first-order valence-electron chi connectivity index (χ1n) is 11.0. The Bertz CT molecular complexity index is 1300. The largest absolute Gasteiger partial charge is 0.497 e. The smallest absolute Gasteiger partial charge is 0.263 e. The molecule has 2 N–H and O–H groups in total. The van der Waals surface area contributed by atoms with Gasteiger partial charge in [-0.1, -0.05) is 68.4 Å². The lowest BCUT2D eigenvalue weighted by Crippen LogP contribution is -2.40. The van der Waals surface area contributed by atoms with Crippen molar-refractivity contribution in [3.05, 3.63) is 95.6 Å². The highest BCUT2D eigenvalue weighted by Gasteiger charge is 2.33. The monoisotopic (exact) mass is 477 g/mol. The fourth-order valence-corrected chi connectivity index (χ4v) is 5.15. The topological polar surface area (TPSA) is 96.9 Å². The van der Waals surface area contributed by atoms with Crippen LogP contribution >= 0.6 is 0 Å². The summed E-state index contributed by atoms with van der Waals surface area (Å²) in [7, 11) is -2.09. The first kappa shape index (κ1) is 23.5. The summed E-state index contributed by atoms with van der Waals surface area (Å²) in [6, 6.07) is 22.6. The molecule has 0 aromatic heterocycles. The van der Waals surface area contributed by atoms with E-state index in [1.165, 1.54) is 6.07 Å². The Morgan fingerprint density at radius 2 is 1.53 bits per heavy atom. The van der Waals surface area contributed by atoms with Crippen molar-refractivity contribution in [1.29, 1.82) is 0 Å². The number of benzene rings is 3. The number of carbonyl (C=O) groups excluding carboxylic acids is 1. The van der Waals surface area contributed by atoms with Crippen molar-refractivity contribution < 1.29 is 17.9 Å².